The molecule has 0 bridgehead atoms. The van der Waals surface area contributed by atoms with Gasteiger partial charge in [-0.1, -0.05) is 42.1 Å². The molecule has 6 heteroatoms. The summed E-state index contributed by atoms with van der Waals surface area (Å²) in [5, 5.41) is 0.573. The highest BCUT2D eigenvalue weighted by Crippen LogP contribution is 2.27. The van der Waals surface area contributed by atoms with E-state index >= 15 is 0 Å². The summed E-state index contributed by atoms with van der Waals surface area (Å²) >= 11 is 1.31. The van der Waals surface area contributed by atoms with E-state index in [1.165, 1.54) is 11.8 Å². The molecule has 0 radical (unpaired) electrons. The van der Waals surface area contributed by atoms with Crippen LogP contribution in [0, 0.1) is 6.92 Å². The van der Waals surface area contributed by atoms with Crippen molar-refractivity contribution in [2.45, 2.75) is 12.1 Å². The highest BCUT2D eigenvalue weighted by atomic mass is 32.2. The zero-order valence-corrected chi connectivity index (χ0v) is 16.2. The summed E-state index contributed by atoms with van der Waals surface area (Å²) < 4.78 is 10.5. The maximum atomic E-state index is 12.7. The fourth-order valence-electron chi connectivity index (χ4n) is 2.60. The van der Waals surface area contributed by atoms with E-state index in [1.54, 1.807) is 32.4 Å². The Morgan fingerprint density at radius 3 is 2.48 bits per heavy atom. The van der Waals surface area contributed by atoms with Gasteiger partial charge in [-0.15, -0.1) is 0 Å². The number of methoxy groups -OCH3 is 2. The van der Waals surface area contributed by atoms with E-state index in [1.807, 2.05) is 43.3 Å². The highest BCUT2D eigenvalue weighted by Gasteiger charge is 2.15. The average Bonchev–Trinajstić information content (AvgIpc) is 2.71. The van der Waals surface area contributed by atoms with Crippen LogP contribution in [0.1, 0.15) is 16.1 Å². The van der Waals surface area contributed by atoms with Gasteiger partial charge >= 0.3 is 0 Å². The molecule has 0 aliphatic carbocycles. The van der Waals surface area contributed by atoms with E-state index in [9.17, 15) is 4.79 Å². The Hall–Kier alpha value is -2.86. The zero-order chi connectivity index (χ0) is 19.2. The molecular formula is C21H20N2O3S. The van der Waals surface area contributed by atoms with Gasteiger partial charge in [-0.25, -0.2) is 9.97 Å². The highest BCUT2D eigenvalue weighted by molar-refractivity contribution is 7.99. The number of aromatic nitrogens is 2. The number of thioether (sulfide) groups is 1. The van der Waals surface area contributed by atoms with Crippen LogP contribution in [0.25, 0.3) is 11.3 Å². The molecule has 0 saturated heterocycles. The number of rotatable bonds is 7. The van der Waals surface area contributed by atoms with E-state index in [2.05, 4.69) is 9.97 Å². The average molecular weight is 380 g/mol. The SMILES string of the molecule is COc1ccc(OC)c(C(=O)CSc2nc(C)cc(-c3ccccc3)n2)c1. The smallest absolute Gasteiger partial charge is 0.188 e. The van der Waals surface area contributed by atoms with Crippen LogP contribution in [0.5, 0.6) is 11.5 Å². The molecule has 27 heavy (non-hydrogen) atoms. The first-order valence-electron chi connectivity index (χ1n) is 8.40. The third-order valence-corrected chi connectivity index (χ3v) is 4.79. The lowest BCUT2D eigenvalue weighted by atomic mass is 10.1. The number of Topliss-reactive ketones (excluding diaryl/α,β-unsaturated/α-hetero) is 1. The Balaban J connectivity index is 1.79. The number of ether oxygens (including phenoxy) is 2. The first-order chi connectivity index (χ1) is 13.1. The molecule has 0 atom stereocenters. The predicted octanol–water partition coefficient (Wildman–Crippen LogP) is 4.44. The van der Waals surface area contributed by atoms with Gasteiger partial charge in [-0.05, 0) is 31.2 Å². The number of benzene rings is 2. The van der Waals surface area contributed by atoms with Crippen LogP contribution in [0.2, 0.25) is 0 Å². The molecule has 0 amide bonds. The minimum atomic E-state index is -0.0675. The van der Waals surface area contributed by atoms with E-state index in [4.69, 9.17) is 9.47 Å². The van der Waals surface area contributed by atoms with Gasteiger partial charge in [0, 0.05) is 11.3 Å². The van der Waals surface area contributed by atoms with E-state index in [0.717, 1.165) is 17.0 Å². The minimum absolute atomic E-state index is 0.0675. The fraction of sp³-hybridized carbons (Fsp3) is 0.190. The Labute approximate surface area is 162 Å². The van der Waals surface area contributed by atoms with Crippen molar-refractivity contribution >= 4 is 17.5 Å². The first kappa shape index (κ1) is 18.9. The maximum Gasteiger partial charge on any atom is 0.188 e. The quantitative estimate of drug-likeness (QED) is 0.343. The van der Waals surface area contributed by atoms with Crippen LogP contribution < -0.4 is 9.47 Å². The second-order valence-corrected chi connectivity index (χ2v) is 6.76. The lowest BCUT2D eigenvalue weighted by molar-refractivity contribution is 0.101. The van der Waals surface area contributed by atoms with Crippen molar-refractivity contribution in [3.8, 4) is 22.8 Å². The van der Waals surface area contributed by atoms with E-state index in [-0.39, 0.29) is 11.5 Å². The first-order valence-corrected chi connectivity index (χ1v) is 9.38. The third kappa shape index (κ3) is 4.65. The molecule has 138 valence electrons. The lowest BCUT2D eigenvalue weighted by Crippen LogP contribution is -2.06. The predicted molar refractivity (Wildman–Crippen MR) is 107 cm³/mol. The lowest BCUT2D eigenvalue weighted by Gasteiger charge is -2.10. The zero-order valence-electron chi connectivity index (χ0n) is 15.4. The topological polar surface area (TPSA) is 61.3 Å². The number of aryl methyl sites for hydroxylation is 1. The van der Waals surface area contributed by atoms with Gasteiger partial charge in [0.05, 0.1) is 31.2 Å². The molecule has 2 aromatic carbocycles. The normalized spacial score (nSPS) is 10.5. The molecule has 0 unspecified atom stereocenters. The molecule has 5 nitrogen and oxygen atoms in total. The second kappa shape index (κ2) is 8.68. The molecule has 0 saturated carbocycles. The Bertz CT molecular complexity index is 945. The number of hydrogen-bond acceptors (Lipinski definition) is 6. The largest absolute Gasteiger partial charge is 0.497 e. The molecule has 3 rings (SSSR count). The summed E-state index contributed by atoms with van der Waals surface area (Å²) in [5.74, 6) is 1.28. The maximum absolute atomic E-state index is 12.7. The molecule has 1 aromatic heterocycles. The summed E-state index contributed by atoms with van der Waals surface area (Å²) in [6, 6.07) is 17.0. The van der Waals surface area contributed by atoms with Gasteiger partial charge in [-0.3, -0.25) is 4.79 Å². The van der Waals surface area contributed by atoms with Crippen LogP contribution in [0.15, 0.2) is 59.8 Å². The van der Waals surface area contributed by atoms with Gasteiger partial charge in [0.25, 0.3) is 0 Å². The van der Waals surface area contributed by atoms with Gasteiger partial charge in [0.15, 0.2) is 10.9 Å². The summed E-state index contributed by atoms with van der Waals surface area (Å²) in [5.41, 5.74) is 3.21. The number of carbonyl (C=O) groups excluding carboxylic acids is 1. The van der Waals surface area contributed by atoms with Crippen LogP contribution in [-0.2, 0) is 0 Å². The minimum Gasteiger partial charge on any atom is -0.497 e. The van der Waals surface area contributed by atoms with Crippen molar-refractivity contribution in [1.29, 1.82) is 0 Å². The Morgan fingerprint density at radius 1 is 1.00 bits per heavy atom. The third-order valence-electron chi connectivity index (χ3n) is 3.94. The standard InChI is InChI=1S/C21H20N2O3S/c1-14-11-18(15-7-5-4-6-8-15)23-21(22-14)27-13-19(24)17-12-16(25-2)9-10-20(17)26-3/h4-12H,13H2,1-3H3. The summed E-state index contributed by atoms with van der Waals surface area (Å²) in [7, 11) is 3.11. The van der Waals surface area contributed by atoms with Crippen molar-refractivity contribution in [2.24, 2.45) is 0 Å². The molecule has 0 aliphatic rings. The van der Waals surface area contributed by atoms with Crippen LogP contribution >= 0.6 is 11.8 Å². The Morgan fingerprint density at radius 2 is 1.78 bits per heavy atom. The molecule has 0 fully saturated rings. The number of hydrogen-bond donors (Lipinski definition) is 0. The Kier molecular flexibility index (Phi) is 6.08. The number of ketones is 1. The van der Waals surface area contributed by atoms with Crippen molar-refractivity contribution in [2.75, 3.05) is 20.0 Å². The molecule has 0 spiro atoms. The van der Waals surface area contributed by atoms with Crippen LogP contribution in [0.3, 0.4) is 0 Å². The summed E-state index contributed by atoms with van der Waals surface area (Å²) in [4.78, 5) is 21.7. The van der Waals surface area contributed by atoms with Gasteiger partial charge in [0.1, 0.15) is 11.5 Å². The summed E-state index contributed by atoms with van der Waals surface area (Å²) in [6.45, 7) is 1.92. The number of nitrogens with zero attached hydrogens (tertiary/aromatic N) is 2. The van der Waals surface area contributed by atoms with Crippen molar-refractivity contribution in [1.82, 2.24) is 9.97 Å². The summed E-state index contributed by atoms with van der Waals surface area (Å²) in [6.07, 6.45) is 0. The van der Waals surface area contributed by atoms with Crippen molar-refractivity contribution in [3.63, 3.8) is 0 Å². The van der Waals surface area contributed by atoms with Gasteiger partial charge in [0.2, 0.25) is 0 Å². The van der Waals surface area contributed by atoms with Gasteiger partial charge < -0.3 is 9.47 Å². The molecule has 1 heterocycles. The molecule has 3 aromatic rings. The van der Waals surface area contributed by atoms with E-state index < -0.39 is 0 Å². The van der Waals surface area contributed by atoms with Crippen molar-refractivity contribution in [3.05, 3.63) is 65.9 Å². The molecule has 0 N–H and O–H groups in total. The van der Waals surface area contributed by atoms with Gasteiger partial charge in [-0.2, -0.15) is 0 Å². The molecular weight excluding hydrogens is 360 g/mol. The monoisotopic (exact) mass is 380 g/mol. The number of carbonyl (C=O) groups is 1. The van der Waals surface area contributed by atoms with E-state index in [0.29, 0.717) is 22.2 Å². The van der Waals surface area contributed by atoms with Crippen LogP contribution in [0.4, 0.5) is 0 Å². The fourth-order valence-corrected chi connectivity index (χ4v) is 3.39. The second-order valence-electron chi connectivity index (χ2n) is 5.82. The van der Waals surface area contributed by atoms with Crippen molar-refractivity contribution < 1.29 is 14.3 Å². The van der Waals surface area contributed by atoms with Crippen LogP contribution in [-0.4, -0.2) is 35.7 Å². The molecule has 0 aliphatic heterocycles.